The van der Waals surface area contributed by atoms with E-state index in [2.05, 4.69) is 26.5 Å². The molecule has 19 heavy (non-hydrogen) atoms. The fourth-order valence-corrected chi connectivity index (χ4v) is 2.40. The molecule has 0 saturated heterocycles. The Balaban J connectivity index is 3.30. The van der Waals surface area contributed by atoms with E-state index >= 15 is 0 Å². The van der Waals surface area contributed by atoms with Gasteiger partial charge < -0.3 is 5.73 Å². The number of nitrogens with one attached hydrogen (secondary N) is 2. The fourth-order valence-electron chi connectivity index (χ4n) is 1.11. The third-order valence-corrected chi connectivity index (χ3v) is 3.54. The monoisotopic (exact) mass is 344 g/mol. The Labute approximate surface area is 117 Å². The molecular weight excluding hydrogens is 336 g/mol. The predicted octanol–water partition coefficient (Wildman–Crippen LogP) is 0.324. The predicted molar refractivity (Wildman–Crippen MR) is 74.1 cm³/mol. The van der Waals surface area contributed by atoms with E-state index in [-0.39, 0.29) is 16.3 Å². The standard InChI is InChI=1S/C9H9BrN6O2S/c10-5-2-1-3-7(19(14,17)18)8(5)16-15-6(4-11)9(12)13/h1-3,16H,(H3,12,13)(H2,14,17,18)/b15-6+. The van der Waals surface area contributed by atoms with Crippen LogP contribution in [0.25, 0.3) is 0 Å². The van der Waals surface area contributed by atoms with Crippen LogP contribution in [0.1, 0.15) is 0 Å². The van der Waals surface area contributed by atoms with Crippen molar-refractivity contribution in [3.63, 3.8) is 0 Å². The molecule has 0 heterocycles. The van der Waals surface area contributed by atoms with Crippen molar-refractivity contribution in [1.29, 1.82) is 10.7 Å². The van der Waals surface area contributed by atoms with Crippen molar-refractivity contribution < 1.29 is 8.42 Å². The van der Waals surface area contributed by atoms with Gasteiger partial charge in [0, 0.05) is 4.47 Å². The van der Waals surface area contributed by atoms with Gasteiger partial charge in [0.1, 0.15) is 11.0 Å². The number of hydrogen-bond acceptors (Lipinski definition) is 6. The van der Waals surface area contributed by atoms with E-state index in [1.165, 1.54) is 12.1 Å². The summed E-state index contributed by atoms with van der Waals surface area (Å²) in [6, 6.07) is 5.91. The number of hydrazone groups is 1. The van der Waals surface area contributed by atoms with Crippen LogP contribution in [-0.2, 0) is 10.0 Å². The number of sulfonamides is 1. The van der Waals surface area contributed by atoms with E-state index in [0.717, 1.165) is 0 Å². The molecule has 0 aliphatic heterocycles. The molecule has 6 N–H and O–H groups in total. The second-order valence-corrected chi connectivity index (χ2v) is 5.64. The minimum atomic E-state index is -3.96. The van der Waals surface area contributed by atoms with Crippen molar-refractivity contribution in [1.82, 2.24) is 0 Å². The van der Waals surface area contributed by atoms with Crippen LogP contribution >= 0.6 is 15.9 Å². The van der Waals surface area contributed by atoms with Crippen molar-refractivity contribution in [2.45, 2.75) is 4.90 Å². The van der Waals surface area contributed by atoms with Crippen molar-refractivity contribution >= 4 is 43.2 Å². The van der Waals surface area contributed by atoms with Crippen LogP contribution in [0, 0.1) is 16.7 Å². The molecule has 0 radical (unpaired) electrons. The van der Waals surface area contributed by atoms with Crippen molar-refractivity contribution in [3.05, 3.63) is 22.7 Å². The van der Waals surface area contributed by atoms with Gasteiger partial charge in [0.25, 0.3) is 0 Å². The van der Waals surface area contributed by atoms with Gasteiger partial charge in [0.2, 0.25) is 15.7 Å². The minimum absolute atomic E-state index is 0.0546. The summed E-state index contributed by atoms with van der Waals surface area (Å²) in [7, 11) is -3.96. The molecule has 0 aromatic heterocycles. The smallest absolute Gasteiger partial charge is 0.240 e. The summed E-state index contributed by atoms with van der Waals surface area (Å²) in [5, 5.41) is 24.4. The molecule has 0 aliphatic rings. The van der Waals surface area contributed by atoms with Crippen LogP contribution in [0.15, 0.2) is 32.7 Å². The number of hydrogen-bond donors (Lipinski definition) is 4. The normalized spacial score (nSPS) is 11.7. The highest BCUT2D eigenvalue weighted by Crippen LogP contribution is 2.29. The van der Waals surface area contributed by atoms with Gasteiger partial charge in [-0.25, -0.2) is 13.6 Å². The lowest BCUT2D eigenvalue weighted by Crippen LogP contribution is -2.22. The lowest BCUT2D eigenvalue weighted by atomic mass is 10.3. The number of amidine groups is 1. The summed E-state index contributed by atoms with van der Waals surface area (Å²) in [5.74, 6) is -0.542. The molecule has 0 aliphatic carbocycles. The largest absolute Gasteiger partial charge is 0.382 e. The Morgan fingerprint density at radius 3 is 2.63 bits per heavy atom. The second kappa shape index (κ2) is 5.79. The molecule has 0 fully saturated rings. The Kier molecular flexibility index (Phi) is 4.60. The summed E-state index contributed by atoms with van der Waals surface area (Å²) in [5.41, 5.74) is 7.14. The third-order valence-electron chi connectivity index (χ3n) is 1.92. The lowest BCUT2D eigenvalue weighted by molar-refractivity contribution is 0.598. The topological polar surface area (TPSA) is 158 Å². The summed E-state index contributed by atoms with van der Waals surface area (Å²) < 4.78 is 23.2. The summed E-state index contributed by atoms with van der Waals surface area (Å²) in [4.78, 5) is -0.202. The first-order valence-electron chi connectivity index (χ1n) is 4.67. The molecule has 100 valence electrons. The Morgan fingerprint density at radius 2 is 2.16 bits per heavy atom. The van der Waals surface area contributed by atoms with Gasteiger partial charge >= 0.3 is 0 Å². The highest BCUT2D eigenvalue weighted by Gasteiger charge is 2.16. The molecule has 1 aromatic carbocycles. The first-order chi connectivity index (χ1) is 8.77. The Morgan fingerprint density at radius 1 is 1.53 bits per heavy atom. The quantitative estimate of drug-likeness (QED) is 0.351. The highest BCUT2D eigenvalue weighted by molar-refractivity contribution is 9.10. The van der Waals surface area contributed by atoms with E-state index in [4.69, 9.17) is 21.5 Å². The third kappa shape index (κ3) is 3.75. The van der Waals surface area contributed by atoms with Gasteiger partial charge in [-0.2, -0.15) is 10.4 Å². The number of benzene rings is 1. The molecule has 0 saturated carbocycles. The molecule has 8 nitrogen and oxygen atoms in total. The minimum Gasteiger partial charge on any atom is -0.382 e. The second-order valence-electron chi connectivity index (χ2n) is 3.26. The van der Waals surface area contributed by atoms with Crippen LogP contribution in [0.5, 0.6) is 0 Å². The maximum atomic E-state index is 11.4. The van der Waals surface area contributed by atoms with Gasteiger partial charge in [-0.15, -0.1) is 0 Å². The van der Waals surface area contributed by atoms with E-state index in [1.807, 2.05) is 0 Å². The number of nitrogens with zero attached hydrogens (tertiary/aromatic N) is 2. The zero-order valence-corrected chi connectivity index (χ0v) is 11.8. The van der Waals surface area contributed by atoms with E-state index < -0.39 is 15.9 Å². The average Bonchev–Trinajstić information content (AvgIpc) is 2.29. The molecule has 0 unspecified atom stereocenters. The Bertz CT molecular complexity index is 691. The van der Waals surface area contributed by atoms with Crippen LogP contribution in [-0.4, -0.2) is 20.0 Å². The molecule has 0 atom stereocenters. The number of primary sulfonamides is 1. The molecule has 1 aromatic rings. The number of nitriles is 1. The van der Waals surface area contributed by atoms with E-state index in [1.54, 1.807) is 12.1 Å². The first-order valence-corrected chi connectivity index (χ1v) is 7.00. The van der Waals surface area contributed by atoms with Crippen molar-refractivity contribution in [2.75, 3.05) is 5.43 Å². The molecule has 0 spiro atoms. The summed E-state index contributed by atoms with van der Waals surface area (Å²) in [6.07, 6.45) is 0. The lowest BCUT2D eigenvalue weighted by Gasteiger charge is -2.09. The zero-order valence-electron chi connectivity index (χ0n) is 9.38. The summed E-state index contributed by atoms with van der Waals surface area (Å²) >= 11 is 3.13. The van der Waals surface area contributed by atoms with Crippen LogP contribution in [0.4, 0.5) is 5.69 Å². The summed E-state index contributed by atoms with van der Waals surface area (Å²) in [6.45, 7) is 0. The fraction of sp³-hybridized carbons (Fsp3) is 0. The van der Waals surface area contributed by atoms with Gasteiger partial charge in [0.05, 0.1) is 5.69 Å². The van der Waals surface area contributed by atoms with E-state index in [9.17, 15) is 8.42 Å². The van der Waals surface area contributed by atoms with Crippen molar-refractivity contribution in [3.8, 4) is 6.07 Å². The number of anilines is 1. The molecular formula is C9H9BrN6O2S. The number of nitrogens with two attached hydrogens (primary N) is 2. The zero-order chi connectivity index (χ0) is 14.6. The molecule has 1 rings (SSSR count). The number of halogens is 1. The maximum absolute atomic E-state index is 11.4. The van der Waals surface area contributed by atoms with Gasteiger partial charge in [-0.1, -0.05) is 6.07 Å². The number of rotatable bonds is 4. The SMILES string of the molecule is N#C/C(=N\Nc1c(Br)cccc1S(N)(=O)=O)C(=N)N. The van der Waals surface area contributed by atoms with Gasteiger partial charge in [-0.05, 0) is 28.1 Å². The van der Waals surface area contributed by atoms with Crippen molar-refractivity contribution in [2.24, 2.45) is 16.0 Å². The average molecular weight is 345 g/mol. The van der Waals surface area contributed by atoms with Gasteiger partial charge in [-0.3, -0.25) is 10.8 Å². The molecule has 0 amide bonds. The number of para-hydroxylation sites is 1. The Hall–Kier alpha value is -1.96. The molecule has 0 bridgehead atoms. The first kappa shape index (κ1) is 15.1. The maximum Gasteiger partial charge on any atom is 0.240 e. The van der Waals surface area contributed by atoms with Crippen LogP contribution < -0.4 is 16.3 Å². The van der Waals surface area contributed by atoms with Crippen LogP contribution in [0.2, 0.25) is 0 Å². The van der Waals surface area contributed by atoms with E-state index in [0.29, 0.717) is 4.47 Å². The highest BCUT2D eigenvalue weighted by atomic mass is 79.9. The molecule has 10 heteroatoms. The van der Waals surface area contributed by atoms with Gasteiger partial charge in [0.15, 0.2) is 5.84 Å². The van der Waals surface area contributed by atoms with Crippen LogP contribution in [0.3, 0.4) is 0 Å².